The summed E-state index contributed by atoms with van der Waals surface area (Å²) in [5.41, 5.74) is 8.19. The van der Waals surface area contributed by atoms with Crippen molar-refractivity contribution in [1.29, 1.82) is 0 Å². The van der Waals surface area contributed by atoms with Gasteiger partial charge in [-0.1, -0.05) is 27.5 Å². The Morgan fingerprint density at radius 3 is 2.52 bits per heavy atom. The minimum atomic E-state index is -0.270. The number of nitrogen functional groups attached to an aromatic ring is 1. The number of nitrogens with zero attached hydrogens (tertiary/aromatic N) is 1. The molecule has 0 saturated heterocycles. The lowest BCUT2D eigenvalue weighted by molar-refractivity contribution is 0.102. The zero-order valence-electron chi connectivity index (χ0n) is 11.7. The first kappa shape index (κ1) is 15.7. The molecule has 0 aromatic heterocycles. The van der Waals surface area contributed by atoms with Crippen LogP contribution in [0.1, 0.15) is 10.4 Å². The summed E-state index contributed by atoms with van der Waals surface area (Å²) in [4.78, 5) is 14.1. The fraction of sp³-hybridized carbons (Fsp3) is 0.133. The normalized spacial score (nSPS) is 10.3. The number of halogens is 2. The number of amides is 1. The fourth-order valence-electron chi connectivity index (χ4n) is 1.89. The molecule has 2 aromatic carbocycles. The van der Waals surface area contributed by atoms with Gasteiger partial charge < -0.3 is 16.0 Å². The van der Waals surface area contributed by atoms with E-state index in [4.69, 9.17) is 17.3 Å². The molecule has 6 heteroatoms. The van der Waals surface area contributed by atoms with Gasteiger partial charge in [0.2, 0.25) is 0 Å². The van der Waals surface area contributed by atoms with Crippen LogP contribution in [0.25, 0.3) is 0 Å². The van der Waals surface area contributed by atoms with Crippen molar-refractivity contribution in [2.45, 2.75) is 0 Å². The maximum absolute atomic E-state index is 12.2. The summed E-state index contributed by atoms with van der Waals surface area (Å²) in [5.74, 6) is -0.270. The van der Waals surface area contributed by atoms with Gasteiger partial charge in [0.05, 0.1) is 16.3 Å². The van der Waals surface area contributed by atoms with Crippen LogP contribution in [0.4, 0.5) is 17.1 Å². The third kappa shape index (κ3) is 3.68. The summed E-state index contributed by atoms with van der Waals surface area (Å²) in [6.07, 6.45) is 0. The molecule has 0 aliphatic carbocycles. The molecule has 0 aliphatic rings. The van der Waals surface area contributed by atoms with Crippen molar-refractivity contribution < 1.29 is 4.79 Å². The van der Waals surface area contributed by atoms with Gasteiger partial charge in [0, 0.05) is 29.9 Å². The lowest BCUT2D eigenvalue weighted by Gasteiger charge is -2.15. The average molecular weight is 369 g/mol. The first-order valence-corrected chi connectivity index (χ1v) is 7.39. The minimum Gasteiger partial charge on any atom is -0.398 e. The van der Waals surface area contributed by atoms with Gasteiger partial charge in [0.1, 0.15) is 0 Å². The van der Waals surface area contributed by atoms with Crippen LogP contribution in [0.3, 0.4) is 0 Å². The average Bonchev–Trinajstić information content (AvgIpc) is 2.37. The SMILES string of the molecule is CN(C)c1ccc(NC(=O)c2ccc(Br)cc2N)cc1Cl. The van der Waals surface area contributed by atoms with E-state index in [1.165, 1.54) is 0 Å². The quantitative estimate of drug-likeness (QED) is 0.805. The van der Waals surface area contributed by atoms with Crippen LogP contribution in [-0.4, -0.2) is 20.0 Å². The van der Waals surface area contributed by atoms with Crippen molar-refractivity contribution >= 4 is 50.5 Å². The van der Waals surface area contributed by atoms with Crippen LogP contribution in [0, 0.1) is 0 Å². The molecule has 110 valence electrons. The number of hydrogen-bond acceptors (Lipinski definition) is 3. The number of carbonyl (C=O) groups is 1. The molecule has 0 saturated carbocycles. The Hall–Kier alpha value is -1.72. The topological polar surface area (TPSA) is 58.4 Å². The van der Waals surface area contributed by atoms with E-state index in [0.717, 1.165) is 10.2 Å². The van der Waals surface area contributed by atoms with Crippen molar-refractivity contribution in [3.05, 3.63) is 51.5 Å². The molecule has 0 spiro atoms. The molecular formula is C15H15BrClN3O. The molecule has 0 atom stereocenters. The summed E-state index contributed by atoms with van der Waals surface area (Å²) in [7, 11) is 3.81. The molecule has 0 unspecified atom stereocenters. The van der Waals surface area contributed by atoms with E-state index < -0.39 is 0 Å². The number of nitrogens with two attached hydrogens (primary N) is 1. The third-order valence-electron chi connectivity index (χ3n) is 2.95. The molecule has 1 amide bonds. The van der Waals surface area contributed by atoms with Gasteiger partial charge in [0.25, 0.3) is 5.91 Å². The van der Waals surface area contributed by atoms with Crippen molar-refractivity contribution in [2.75, 3.05) is 30.0 Å². The number of nitrogens with one attached hydrogen (secondary N) is 1. The molecule has 0 heterocycles. The monoisotopic (exact) mass is 367 g/mol. The second-order valence-corrected chi connectivity index (χ2v) is 6.07. The molecule has 2 rings (SSSR count). The summed E-state index contributed by atoms with van der Waals surface area (Å²) < 4.78 is 0.829. The summed E-state index contributed by atoms with van der Waals surface area (Å²) in [6, 6.07) is 10.5. The molecule has 0 radical (unpaired) electrons. The van der Waals surface area contributed by atoms with Gasteiger partial charge >= 0.3 is 0 Å². The van der Waals surface area contributed by atoms with E-state index in [-0.39, 0.29) is 5.91 Å². The van der Waals surface area contributed by atoms with Crippen LogP contribution in [-0.2, 0) is 0 Å². The highest BCUT2D eigenvalue weighted by Crippen LogP contribution is 2.28. The first-order valence-electron chi connectivity index (χ1n) is 6.21. The highest BCUT2D eigenvalue weighted by Gasteiger charge is 2.11. The molecule has 0 aliphatic heterocycles. The van der Waals surface area contributed by atoms with E-state index in [0.29, 0.717) is 22.0 Å². The van der Waals surface area contributed by atoms with Crippen molar-refractivity contribution in [2.24, 2.45) is 0 Å². The zero-order valence-corrected chi connectivity index (χ0v) is 14.0. The van der Waals surface area contributed by atoms with Gasteiger partial charge in [-0.3, -0.25) is 4.79 Å². The standard InChI is InChI=1S/C15H15BrClN3O/c1-20(2)14-6-4-10(8-12(14)17)19-15(21)11-5-3-9(16)7-13(11)18/h3-8H,18H2,1-2H3,(H,19,21). The molecule has 0 bridgehead atoms. The van der Waals surface area contributed by atoms with Crippen molar-refractivity contribution in [3.8, 4) is 0 Å². The maximum Gasteiger partial charge on any atom is 0.257 e. The summed E-state index contributed by atoms with van der Waals surface area (Å²) in [6.45, 7) is 0. The van der Waals surface area contributed by atoms with Crippen LogP contribution in [0.5, 0.6) is 0 Å². The number of anilines is 3. The molecule has 3 N–H and O–H groups in total. The Balaban J connectivity index is 2.22. The van der Waals surface area contributed by atoms with Crippen LogP contribution in [0.15, 0.2) is 40.9 Å². The number of benzene rings is 2. The number of rotatable bonds is 3. The van der Waals surface area contributed by atoms with Crippen molar-refractivity contribution in [3.63, 3.8) is 0 Å². The van der Waals surface area contributed by atoms with Crippen LogP contribution >= 0.6 is 27.5 Å². The third-order valence-corrected chi connectivity index (χ3v) is 3.74. The second kappa shape index (κ2) is 6.37. The molecular weight excluding hydrogens is 354 g/mol. The predicted octanol–water partition coefficient (Wildman–Crippen LogP) is 4.00. The number of hydrogen-bond donors (Lipinski definition) is 2. The minimum absolute atomic E-state index is 0.270. The van der Waals surface area contributed by atoms with Crippen molar-refractivity contribution in [1.82, 2.24) is 0 Å². The Morgan fingerprint density at radius 1 is 1.24 bits per heavy atom. The highest BCUT2D eigenvalue weighted by molar-refractivity contribution is 9.10. The van der Waals surface area contributed by atoms with E-state index in [1.807, 2.05) is 25.1 Å². The molecule has 21 heavy (non-hydrogen) atoms. The maximum atomic E-state index is 12.2. The lowest BCUT2D eigenvalue weighted by Crippen LogP contribution is -2.14. The van der Waals surface area contributed by atoms with E-state index in [9.17, 15) is 4.79 Å². The highest BCUT2D eigenvalue weighted by atomic mass is 79.9. The molecule has 0 fully saturated rings. The molecule has 2 aromatic rings. The van der Waals surface area contributed by atoms with Gasteiger partial charge in [0.15, 0.2) is 0 Å². The van der Waals surface area contributed by atoms with Gasteiger partial charge in [-0.25, -0.2) is 0 Å². The Labute approximate surface area is 137 Å². The fourth-order valence-corrected chi connectivity index (χ4v) is 2.61. The summed E-state index contributed by atoms with van der Waals surface area (Å²) in [5, 5.41) is 3.36. The van der Waals surface area contributed by atoms with E-state index in [2.05, 4.69) is 21.2 Å². The Morgan fingerprint density at radius 2 is 1.95 bits per heavy atom. The van der Waals surface area contributed by atoms with Crippen LogP contribution in [0.2, 0.25) is 5.02 Å². The Bertz CT molecular complexity index is 689. The predicted molar refractivity (Wildman–Crippen MR) is 92.3 cm³/mol. The first-order chi connectivity index (χ1) is 9.88. The second-order valence-electron chi connectivity index (χ2n) is 4.75. The summed E-state index contributed by atoms with van der Waals surface area (Å²) >= 11 is 9.49. The zero-order chi connectivity index (χ0) is 15.6. The Kier molecular flexibility index (Phi) is 4.75. The smallest absolute Gasteiger partial charge is 0.257 e. The molecule has 4 nitrogen and oxygen atoms in total. The number of carbonyl (C=O) groups excluding carboxylic acids is 1. The van der Waals surface area contributed by atoms with Gasteiger partial charge in [-0.05, 0) is 36.4 Å². The van der Waals surface area contributed by atoms with Gasteiger partial charge in [-0.15, -0.1) is 0 Å². The lowest BCUT2D eigenvalue weighted by atomic mass is 10.1. The van der Waals surface area contributed by atoms with E-state index >= 15 is 0 Å². The van der Waals surface area contributed by atoms with Crippen LogP contribution < -0.4 is 16.0 Å². The van der Waals surface area contributed by atoms with Gasteiger partial charge in [-0.2, -0.15) is 0 Å². The largest absolute Gasteiger partial charge is 0.398 e. The van der Waals surface area contributed by atoms with E-state index in [1.54, 1.807) is 30.3 Å².